The summed E-state index contributed by atoms with van der Waals surface area (Å²) in [5.41, 5.74) is 3.20. The van der Waals surface area contributed by atoms with Crippen LogP contribution >= 0.6 is 0 Å². The molecule has 0 aliphatic carbocycles. The van der Waals surface area contributed by atoms with Crippen LogP contribution in [0.3, 0.4) is 0 Å². The van der Waals surface area contributed by atoms with Crippen LogP contribution in [0, 0.1) is 5.92 Å². The minimum atomic E-state index is 0.717. The molecule has 0 unspecified atom stereocenters. The fourth-order valence-corrected chi connectivity index (χ4v) is 3.51. The lowest BCUT2D eigenvalue weighted by atomic mass is 9.99. The Morgan fingerprint density at radius 1 is 0.897 bits per heavy atom. The molecule has 0 amide bonds. The number of nitrogens with zero attached hydrogens (tertiary/aromatic N) is 3. The molecule has 1 saturated heterocycles. The monoisotopic (exact) mass is 389 g/mol. The predicted molar refractivity (Wildman–Crippen MR) is 119 cm³/mol. The number of hydrogen-bond donors (Lipinski definition) is 2. The van der Waals surface area contributed by atoms with E-state index in [0.717, 1.165) is 47.8 Å². The molecule has 1 aliphatic heterocycles. The number of nitrogens with one attached hydrogen (secondary N) is 2. The first-order chi connectivity index (χ1) is 14.2. The van der Waals surface area contributed by atoms with Gasteiger partial charge in [-0.2, -0.15) is 0 Å². The largest absolute Gasteiger partial charge is 0.497 e. The maximum atomic E-state index is 5.27. The van der Waals surface area contributed by atoms with Crippen LogP contribution in [0.15, 0.2) is 60.9 Å². The van der Waals surface area contributed by atoms with Crippen LogP contribution < -0.4 is 20.3 Å². The first-order valence-corrected chi connectivity index (χ1v) is 10.0. The molecular formula is C23H27N5O. The fourth-order valence-electron chi connectivity index (χ4n) is 3.51. The lowest BCUT2D eigenvalue weighted by molar-refractivity contribution is 0.415. The molecule has 1 aromatic heterocycles. The maximum Gasteiger partial charge on any atom is 0.135 e. The van der Waals surface area contributed by atoms with Crippen molar-refractivity contribution in [3.63, 3.8) is 0 Å². The Balaban J connectivity index is 1.41. The maximum absolute atomic E-state index is 5.27. The molecule has 4 rings (SSSR count). The van der Waals surface area contributed by atoms with Crippen LogP contribution in [0.25, 0.3) is 0 Å². The van der Waals surface area contributed by atoms with E-state index >= 15 is 0 Å². The summed E-state index contributed by atoms with van der Waals surface area (Å²) in [4.78, 5) is 11.1. The zero-order chi connectivity index (χ0) is 20.1. The van der Waals surface area contributed by atoms with Crippen LogP contribution in [0.2, 0.25) is 0 Å². The number of rotatable bonds is 6. The first kappa shape index (κ1) is 19.1. The van der Waals surface area contributed by atoms with Gasteiger partial charge in [0.25, 0.3) is 0 Å². The third-order valence-corrected chi connectivity index (χ3v) is 5.30. The lowest BCUT2D eigenvalue weighted by Gasteiger charge is -2.32. The molecule has 6 nitrogen and oxygen atoms in total. The van der Waals surface area contributed by atoms with Gasteiger partial charge in [-0.1, -0.05) is 13.0 Å². The SMILES string of the molecule is COc1cccc(Nc2cc(Nc3ccc(N4CCC(C)CC4)cc3)ncn2)c1. The van der Waals surface area contributed by atoms with Crippen molar-refractivity contribution in [1.82, 2.24) is 9.97 Å². The van der Waals surface area contributed by atoms with Crippen LogP contribution in [-0.2, 0) is 0 Å². The normalized spacial score (nSPS) is 14.5. The van der Waals surface area contributed by atoms with Gasteiger partial charge in [0.15, 0.2) is 0 Å². The van der Waals surface area contributed by atoms with E-state index < -0.39 is 0 Å². The second kappa shape index (κ2) is 8.82. The van der Waals surface area contributed by atoms with Gasteiger partial charge in [0.2, 0.25) is 0 Å². The minimum Gasteiger partial charge on any atom is -0.497 e. The van der Waals surface area contributed by atoms with Crippen LogP contribution in [0.1, 0.15) is 19.8 Å². The van der Waals surface area contributed by atoms with Crippen molar-refractivity contribution in [3.8, 4) is 5.75 Å². The average molecular weight is 390 g/mol. The van der Waals surface area contributed by atoms with Gasteiger partial charge in [0.1, 0.15) is 23.7 Å². The van der Waals surface area contributed by atoms with Gasteiger partial charge in [-0.05, 0) is 55.2 Å². The summed E-state index contributed by atoms with van der Waals surface area (Å²) in [5.74, 6) is 3.09. The summed E-state index contributed by atoms with van der Waals surface area (Å²) in [6, 6.07) is 18.2. The van der Waals surface area contributed by atoms with Gasteiger partial charge in [-0.3, -0.25) is 0 Å². The second-order valence-electron chi connectivity index (χ2n) is 7.49. The Morgan fingerprint density at radius 3 is 2.28 bits per heavy atom. The third kappa shape index (κ3) is 4.96. The van der Waals surface area contributed by atoms with Gasteiger partial charge < -0.3 is 20.3 Å². The minimum absolute atomic E-state index is 0.717. The summed E-state index contributed by atoms with van der Waals surface area (Å²) < 4.78 is 5.27. The van der Waals surface area contributed by atoms with Crippen molar-refractivity contribution in [2.45, 2.75) is 19.8 Å². The Morgan fingerprint density at radius 2 is 1.59 bits per heavy atom. The van der Waals surface area contributed by atoms with E-state index in [4.69, 9.17) is 4.74 Å². The molecule has 2 heterocycles. The number of benzene rings is 2. The van der Waals surface area contributed by atoms with E-state index in [9.17, 15) is 0 Å². The number of methoxy groups -OCH3 is 1. The first-order valence-electron chi connectivity index (χ1n) is 10.0. The highest BCUT2D eigenvalue weighted by Gasteiger charge is 2.15. The van der Waals surface area contributed by atoms with E-state index in [1.807, 2.05) is 30.3 Å². The van der Waals surface area contributed by atoms with E-state index in [2.05, 4.69) is 56.7 Å². The highest BCUT2D eigenvalue weighted by molar-refractivity contribution is 5.65. The van der Waals surface area contributed by atoms with E-state index in [0.29, 0.717) is 0 Å². The van der Waals surface area contributed by atoms with Gasteiger partial charge >= 0.3 is 0 Å². The highest BCUT2D eigenvalue weighted by Crippen LogP contribution is 2.26. The Hall–Kier alpha value is -3.28. The van der Waals surface area contributed by atoms with Crippen molar-refractivity contribution >= 4 is 28.7 Å². The molecule has 3 aromatic rings. The summed E-state index contributed by atoms with van der Waals surface area (Å²) >= 11 is 0. The third-order valence-electron chi connectivity index (χ3n) is 5.30. The molecule has 0 radical (unpaired) electrons. The zero-order valence-electron chi connectivity index (χ0n) is 16.9. The van der Waals surface area contributed by atoms with Crippen molar-refractivity contribution in [2.75, 3.05) is 35.7 Å². The van der Waals surface area contributed by atoms with E-state index in [1.54, 1.807) is 13.4 Å². The topological polar surface area (TPSA) is 62.3 Å². The van der Waals surface area contributed by atoms with Crippen molar-refractivity contribution in [1.29, 1.82) is 0 Å². The molecule has 0 spiro atoms. The molecule has 2 aromatic carbocycles. The van der Waals surface area contributed by atoms with Crippen molar-refractivity contribution in [3.05, 3.63) is 60.9 Å². The zero-order valence-corrected chi connectivity index (χ0v) is 16.9. The van der Waals surface area contributed by atoms with Crippen molar-refractivity contribution < 1.29 is 4.74 Å². The average Bonchev–Trinajstić information content (AvgIpc) is 2.75. The van der Waals surface area contributed by atoms with Crippen LogP contribution in [0.4, 0.5) is 28.7 Å². The smallest absolute Gasteiger partial charge is 0.135 e. The summed E-state index contributed by atoms with van der Waals surface area (Å²) in [6.07, 6.45) is 4.09. The number of aromatic nitrogens is 2. The molecule has 0 saturated carbocycles. The Kier molecular flexibility index (Phi) is 5.79. The second-order valence-corrected chi connectivity index (χ2v) is 7.49. The van der Waals surface area contributed by atoms with Gasteiger partial charge in [0.05, 0.1) is 7.11 Å². The highest BCUT2D eigenvalue weighted by atomic mass is 16.5. The van der Waals surface area contributed by atoms with E-state index in [1.165, 1.54) is 18.5 Å². The van der Waals surface area contributed by atoms with Crippen LogP contribution in [-0.4, -0.2) is 30.2 Å². The number of ether oxygens (including phenoxy) is 1. The van der Waals surface area contributed by atoms with E-state index in [-0.39, 0.29) is 0 Å². The van der Waals surface area contributed by atoms with Crippen LogP contribution in [0.5, 0.6) is 5.75 Å². The summed E-state index contributed by atoms with van der Waals surface area (Å²) in [6.45, 7) is 4.61. The lowest BCUT2D eigenvalue weighted by Crippen LogP contribution is -2.32. The number of hydrogen-bond acceptors (Lipinski definition) is 6. The molecular weight excluding hydrogens is 362 g/mol. The Bertz CT molecular complexity index is 936. The molecule has 2 N–H and O–H groups in total. The fraction of sp³-hybridized carbons (Fsp3) is 0.304. The van der Waals surface area contributed by atoms with Gasteiger partial charge in [0, 0.05) is 42.3 Å². The number of piperidine rings is 1. The molecule has 0 bridgehead atoms. The standard InChI is InChI=1S/C23H27N5O/c1-17-10-12-28(13-11-17)20-8-6-18(7-9-20)26-22-15-23(25-16-24-22)27-19-4-3-5-21(14-19)29-2/h3-9,14-17H,10-13H2,1-2H3,(H2,24,25,26,27). The predicted octanol–water partition coefficient (Wildman–Crippen LogP) is 5.21. The number of anilines is 5. The van der Waals surface area contributed by atoms with Gasteiger partial charge in [-0.25, -0.2) is 9.97 Å². The van der Waals surface area contributed by atoms with Crippen molar-refractivity contribution in [2.24, 2.45) is 5.92 Å². The van der Waals surface area contributed by atoms with Gasteiger partial charge in [-0.15, -0.1) is 0 Å². The molecule has 0 atom stereocenters. The Labute approximate surface area is 172 Å². The molecule has 150 valence electrons. The summed E-state index contributed by atoms with van der Waals surface area (Å²) in [5, 5.41) is 6.64. The molecule has 6 heteroatoms. The molecule has 1 fully saturated rings. The quantitative estimate of drug-likeness (QED) is 0.603. The summed E-state index contributed by atoms with van der Waals surface area (Å²) in [7, 11) is 1.66. The molecule has 1 aliphatic rings. The molecule has 29 heavy (non-hydrogen) atoms.